The van der Waals surface area contributed by atoms with Gasteiger partial charge in [0.1, 0.15) is 5.60 Å². The predicted molar refractivity (Wildman–Crippen MR) is 99.9 cm³/mol. The number of hydrogen-bond acceptors (Lipinski definition) is 5. The van der Waals surface area contributed by atoms with E-state index in [9.17, 15) is 9.90 Å². The van der Waals surface area contributed by atoms with E-state index in [1.165, 1.54) is 0 Å². The van der Waals surface area contributed by atoms with Gasteiger partial charge in [0.25, 0.3) is 5.91 Å². The zero-order chi connectivity index (χ0) is 18.6. The molecule has 0 spiro atoms. The number of aliphatic hydroxyl groups is 1. The molecule has 1 N–H and O–H groups in total. The van der Waals surface area contributed by atoms with Gasteiger partial charge < -0.3 is 19.2 Å². The van der Waals surface area contributed by atoms with Crippen molar-refractivity contribution in [2.24, 2.45) is 0 Å². The first-order valence-corrected chi connectivity index (χ1v) is 9.62. The second-order valence-corrected chi connectivity index (χ2v) is 7.71. The molecule has 138 valence electrons. The minimum atomic E-state index is -1.11. The molecule has 3 heterocycles. The molecular formula is C20H23NO4S. The third-order valence-electron chi connectivity index (χ3n) is 4.00. The number of carbonyl (C=O) groups is 1. The number of carbonyl (C=O) groups excluding carboxylic acids is 1. The Labute approximate surface area is 157 Å². The van der Waals surface area contributed by atoms with E-state index in [-0.39, 0.29) is 17.8 Å². The van der Waals surface area contributed by atoms with Crippen LogP contribution in [0.2, 0.25) is 0 Å². The largest absolute Gasteiger partial charge is 0.443 e. The second-order valence-electron chi connectivity index (χ2n) is 6.93. The fourth-order valence-corrected chi connectivity index (χ4v) is 3.41. The quantitative estimate of drug-likeness (QED) is 0.817. The maximum atomic E-state index is 13.0. The fourth-order valence-electron chi connectivity index (χ4n) is 2.75. The predicted octanol–water partition coefficient (Wildman–Crippen LogP) is 3.28. The van der Waals surface area contributed by atoms with E-state index in [1.807, 2.05) is 16.8 Å². The van der Waals surface area contributed by atoms with Gasteiger partial charge in [0.05, 0.1) is 6.10 Å². The molecule has 5 nitrogen and oxygen atoms in total. The summed E-state index contributed by atoms with van der Waals surface area (Å²) in [5, 5.41) is 13.7. The van der Waals surface area contributed by atoms with Gasteiger partial charge in [-0.3, -0.25) is 4.79 Å². The number of amides is 1. The highest BCUT2D eigenvalue weighted by Crippen LogP contribution is 2.19. The van der Waals surface area contributed by atoms with Crippen LogP contribution in [0.4, 0.5) is 0 Å². The number of rotatable bonds is 5. The maximum Gasteiger partial charge on any atom is 0.290 e. The molecule has 1 aliphatic heterocycles. The van der Waals surface area contributed by atoms with Crippen molar-refractivity contribution in [3.05, 3.63) is 46.0 Å². The normalized spacial score (nSPS) is 17.0. The van der Waals surface area contributed by atoms with Crippen molar-refractivity contribution >= 4 is 17.2 Å². The van der Waals surface area contributed by atoms with E-state index in [0.717, 1.165) is 25.0 Å². The van der Waals surface area contributed by atoms with Crippen LogP contribution in [0.25, 0.3) is 0 Å². The molecular weight excluding hydrogens is 350 g/mol. The van der Waals surface area contributed by atoms with E-state index >= 15 is 0 Å². The van der Waals surface area contributed by atoms with Crippen LogP contribution in [0.3, 0.4) is 0 Å². The Balaban J connectivity index is 1.75. The highest BCUT2D eigenvalue weighted by Gasteiger charge is 2.25. The lowest BCUT2D eigenvalue weighted by atomic mass is 10.1. The SMILES string of the molecule is CC(C)(O)C#Cc1ccc(C(=O)N(Cc2ccsc2)CC2CCCO2)o1. The Kier molecular flexibility index (Phi) is 5.82. The van der Waals surface area contributed by atoms with E-state index in [0.29, 0.717) is 18.8 Å². The minimum absolute atomic E-state index is 0.0713. The molecule has 0 aliphatic carbocycles. The molecule has 1 unspecified atom stereocenters. The molecule has 1 amide bonds. The van der Waals surface area contributed by atoms with Gasteiger partial charge >= 0.3 is 0 Å². The second kappa shape index (κ2) is 8.09. The van der Waals surface area contributed by atoms with Crippen molar-refractivity contribution in [3.8, 4) is 11.8 Å². The lowest BCUT2D eigenvalue weighted by Crippen LogP contribution is -2.36. The minimum Gasteiger partial charge on any atom is -0.443 e. The van der Waals surface area contributed by atoms with Crippen molar-refractivity contribution in [1.82, 2.24) is 4.90 Å². The Morgan fingerprint density at radius 2 is 2.27 bits per heavy atom. The zero-order valence-corrected chi connectivity index (χ0v) is 15.8. The van der Waals surface area contributed by atoms with Crippen LogP contribution in [0.5, 0.6) is 0 Å². The van der Waals surface area contributed by atoms with Crippen LogP contribution in [-0.4, -0.2) is 40.8 Å². The van der Waals surface area contributed by atoms with Crippen LogP contribution >= 0.6 is 11.3 Å². The third-order valence-corrected chi connectivity index (χ3v) is 4.73. The maximum absolute atomic E-state index is 13.0. The Morgan fingerprint density at radius 3 is 2.92 bits per heavy atom. The topological polar surface area (TPSA) is 62.9 Å². The molecule has 3 rings (SSSR count). The summed E-state index contributed by atoms with van der Waals surface area (Å²) in [6.45, 7) is 5.01. The van der Waals surface area contributed by atoms with Crippen LogP contribution in [-0.2, 0) is 11.3 Å². The Hall–Kier alpha value is -2.07. The summed E-state index contributed by atoms with van der Waals surface area (Å²) in [4.78, 5) is 14.7. The van der Waals surface area contributed by atoms with Crippen molar-refractivity contribution in [2.45, 2.75) is 44.9 Å². The standard InChI is InChI=1S/C20H23NO4S/c1-20(2,23)9-7-16-5-6-18(25-16)19(22)21(12-15-8-11-26-14-15)13-17-4-3-10-24-17/h5-6,8,11,14,17,23H,3-4,10,12-13H2,1-2H3. The zero-order valence-electron chi connectivity index (χ0n) is 15.0. The van der Waals surface area contributed by atoms with Crippen LogP contribution in [0.15, 0.2) is 33.4 Å². The average Bonchev–Trinajstić information content (AvgIpc) is 3.33. The summed E-state index contributed by atoms with van der Waals surface area (Å²) < 4.78 is 11.3. The molecule has 1 aliphatic rings. The molecule has 1 saturated heterocycles. The van der Waals surface area contributed by atoms with Crippen molar-refractivity contribution in [1.29, 1.82) is 0 Å². The van der Waals surface area contributed by atoms with Crippen molar-refractivity contribution in [3.63, 3.8) is 0 Å². The van der Waals surface area contributed by atoms with Crippen LogP contribution in [0.1, 0.15) is 48.6 Å². The monoisotopic (exact) mass is 373 g/mol. The molecule has 2 aromatic rings. The fraction of sp³-hybridized carbons (Fsp3) is 0.450. The molecule has 0 saturated carbocycles. The van der Waals surface area contributed by atoms with Gasteiger partial charge in [-0.25, -0.2) is 0 Å². The summed E-state index contributed by atoms with van der Waals surface area (Å²) in [6, 6.07) is 5.30. The highest BCUT2D eigenvalue weighted by molar-refractivity contribution is 7.07. The van der Waals surface area contributed by atoms with E-state index in [4.69, 9.17) is 9.15 Å². The summed E-state index contributed by atoms with van der Waals surface area (Å²) >= 11 is 1.61. The molecule has 1 fully saturated rings. The van der Waals surface area contributed by atoms with Crippen molar-refractivity contribution in [2.75, 3.05) is 13.2 Å². The molecule has 2 aromatic heterocycles. The van der Waals surface area contributed by atoms with Gasteiger partial charge in [-0.15, -0.1) is 0 Å². The van der Waals surface area contributed by atoms with Gasteiger partial charge in [-0.2, -0.15) is 11.3 Å². The van der Waals surface area contributed by atoms with Gasteiger partial charge in [-0.05, 0) is 67.1 Å². The van der Waals surface area contributed by atoms with E-state index in [1.54, 1.807) is 42.2 Å². The van der Waals surface area contributed by atoms with Gasteiger partial charge in [0, 0.05) is 19.7 Å². The summed E-state index contributed by atoms with van der Waals surface area (Å²) in [5.74, 6) is 5.87. The summed E-state index contributed by atoms with van der Waals surface area (Å²) in [6.07, 6.45) is 2.07. The van der Waals surface area contributed by atoms with Gasteiger partial charge in [0.15, 0.2) is 11.5 Å². The first kappa shape index (κ1) is 18.7. The highest BCUT2D eigenvalue weighted by atomic mass is 32.1. The number of hydrogen-bond donors (Lipinski definition) is 1. The lowest BCUT2D eigenvalue weighted by molar-refractivity contribution is 0.0484. The molecule has 26 heavy (non-hydrogen) atoms. The number of thiophene rings is 1. The molecule has 6 heteroatoms. The first-order chi connectivity index (χ1) is 12.4. The number of nitrogens with zero attached hydrogens (tertiary/aromatic N) is 1. The van der Waals surface area contributed by atoms with Gasteiger partial charge in [0.2, 0.25) is 0 Å². The number of ether oxygens (including phenoxy) is 1. The van der Waals surface area contributed by atoms with E-state index < -0.39 is 5.60 Å². The smallest absolute Gasteiger partial charge is 0.290 e. The van der Waals surface area contributed by atoms with Crippen LogP contribution in [0, 0.1) is 11.8 Å². The summed E-state index contributed by atoms with van der Waals surface area (Å²) in [5.41, 5.74) is -0.0168. The molecule has 0 aromatic carbocycles. The first-order valence-electron chi connectivity index (χ1n) is 8.68. The average molecular weight is 373 g/mol. The van der Waals surface area contributed by atoms with Crippen molar-refractivity contribution < 1.29 is 19.1 Å². The Bertz CT molecular complexity index is 786. The van der Waals surface area contributed by atoms with E-state index in [2.05, 4.69) is 11.8 Å². The van der Waals surface area contributed by atoms with Gasteiger partial charge in [-0.1, -0.05) is 5.92 Å². The molecule has 0 bridgehead atoms. The Morgan fingerprint density at radius 1 is 1.42 bits per heavy atom. The summed E-state index contributed by atoms with van der Waals surface area (Å²) in [7, 11) is 0. The van der Waals surface area contributed by atoms with Crippen LogP contribution < -0.4 is 0 Å². The third kappa shape index (κ3) is 5.21. The number of furan rings is 1. The molecule has 0 radical (unpaired) electrons. The lowest BCUT2D eigenvalue weighted by Gasteiger charge is -2.24. The molecule has 1 atom stereocenters.